The van der Waals surface area contributed by atoms with Crippen LogP contribution in [-0.2, 0) is 0 Å². The molecule has 4 rings (SSSR count). The molecule has 3 fully saturated rings. The third-order valence-electron chi connectivity index (χ3n) is 11.8. The standard InChI is InChI=1S/C31H54O2/c1-8-31(33)19-18-29(6)22(20-31)12-13-23-25-15-14-24(30(25,7)17-16-26(23)29)21(2)10-9-11-27(32)28(3,4)5/h12,21,23-27,32-33H,8-11,13-20H2,1-7H3/t21-,23+,24-,25+,26+,27+,29+,30-,31+/m1/s1. The predicted octanol–water partition coefficient (Wildman–Crippen LogP) is 7.92. The van der Waals surface area contributed by atoms with Gasteiger partial charge in [0.05, 0.1) is 11.7 Å². The van der Waals surface area contributed by atoms with Gasteiger partial charge in [-0.05, 0) is 110 Å². The molecule has 2 nitrogen and oxygen atoms in total. The lowest BCUT2D eigenvalue weighted by molar-refractivity contribution is -0.0756. The number of allylic oxidation sites excluding steroid dienone is 1. The monoisotopic (exact) mass is 458 g/mol. The molecule has 9 atom stereocenters. The molecular weight excluding hydrogens is 404 g/mol. The Morgan fingerprint density at radius 1 is 1.03 bits per heavy atom. The van der Waals surface area contributed by atoms with Gasteiger partial charge in [-0.1, -0.05) is 73.0 Å². The normalized spacial score (nSPS) is 44.9. The number of fused-ring (bicyclic) bond motifs is 5. The summed E-state index contributed by atoms with van der Waals surface area (Å²) in [5, 5.41) is 21.5. The summed E-state index contributed by atoms with van der Waals surface area (Å²) in [6.07, 6.45) is 16.7. The lowest BCUT2D eigenvalue weighted by Gasteiger charge is -2.59. The van der Waals surface area contributed by atoms with E-state index < -0.39 is 5.60 Å². The topological polar surface area (TPSA) is 40.5 Å². The second kappa shape index (κ2) is 8.95. The van der Waals surface area contributed by atoms with Crippen LogP contribution in [0.25, 0.3) is 0 Å². The highest BCUT2D eigenvalue weighted by atomic mass is 16.3. The molecule has 0 aromatic heterocycles. The fourth-order valence-corrected chi connectivity index (χ4v) is 9.26. The maximum Gasteiger partial charge on any atom is 0.0682 e. The summed E-state index contributed by atoms with van der Waals surface area (Å²) in [6, 6.07) is 0. The van der Waals surface area contributed by atoms with Gasteiger partial charge in [-0.2, -0.15) is 0 Å². The minimum Gasteiger partial charge on any atom is -0.393 e. The van der Waals surface area contributed by atoms with Crippen LogP contribution >= 0.6 is 0 Å². The Labute approximate surface area is 205 Å². The van der Waals surface area contributed by atoms with E-state index in [9.17, 15) is 10.2 Å². The molecule has 2 N–H and O–H groups in total. The van der Waals surface area contributed by atoms with Crippen LogP contribution in [0.2, 0.25) is 0 Å². The van der Waals surface area contributed by atoms with E-state index in [-0.39, 0.29) is 11.5 Å². The highest BCUT2D eigenvalue weighted by molar-refractivity contribution is 5.27. The second-order valence-corrected chi connectivity index (χ2v) is 14.5. The van der Waals surface area contributed by atoms with E-state index in [1.54, 1.807) is 5.57 Å². The molecule has 0 heterocycles. The molecule has 33 heavy (non-hydrogen) atoms. The number of hydrogen-bond acceptors (Lipinski definition) is 2. The highest BCUT2D eigenvalue weighted by Gasteiger charge is 2.59. The zero-order chi connectivity index (χ0) is 24.2. The van der Waals surface area contributed by atoms with Crippen LogP contribution in [-0.4, -0.2) is 21.9 Å². The number of rotatable bonds is 6. The molecule has 0 radical (unpaired) electrons. The Hall–Kier alpha value is -0.340. The molecule has 2 heteroatoms. The van der Waals surface area contributed by atoms with Crippen molar-refractivity contribution in [2.75, 3.05) is 0 Å². The van der Waals surface area contributed by atoms with Crippen molar-refractivity contribution in [2.45, 2.75) is 137 Å². The van der Waals surface area contributed by atoms with Crippen LogP contribution in [0.3, 0.4) is 0 Å². The van der Waals surface area contributed by atoms with Gasteiger partial charge in [0.2, 0.25) is 0 Å². The third-order valence-corrected chi connectivity index (χ3v) is 11.8. The fourth-order valence-electron chi connectivity index (χ4n) is 9.26. The van der Waals surface area contributed by atoms with E-state index in [0.29, 0.717) is 10.8 Å². The van der Waals surface area contributed by atoms with Gasteiger partial charge in [-0.25, -0.2) is 0 Å². The minimum atomic E-state index is -0.449. The van der Waals surface area contributed by atoms with Crippen LogP contribution in [0.1, 0.15) is 126 Å². The van der Waals surface area contributed by atoms with E-state index in [4.69, 9.17) is 0 Å². The van der Waals surface area contributed by atoms with E-state index in [0.717, 1.165) is 61.7 Å². The van der Waals surface area contributed by atoms with E-state index in [1.165, 1.54) is 44.9 Å². The van der Waals surface area contributed by atoms with Crippen molar-refractivity contribution < 1.29 is 10.2 Å². The maximum atomic E-state index is 11.0. The quantitative estimate of drug-likeness (QED) is 0.397. The molecule has 0 saturated heterocycles. The maximum absolute atomic E-state index is 11.0. The smallest absolute Gasteiger partial charge is 0.0682 e. The van der Waals surface area contributed by atoms with E-state index in [1.807, 2.05) is 0 Å². The van der Waals surface area contributed by atoms with Crippen LogP contribution in [0.4, 0.5) is 0 Å². The molecule has 0 aromatic carbocycles. The SMILES string of the molecule is CC[C@]1(O)CC[C@@]2(C)C(=CC[C@H]3[C@@H]4CC[C@H]([C@H](C)CCC[C@H](O)C(C)(C)C)[C@@]4(C)CC[C@@H]32)C1. The van der Waals surface area contributed by atoms with Gasteiger partial charge >= 0.3 is 0 Å². The van der Waals surface area contributed by atoms with Gasteiger partial charge < -0.3 is 10.2 Å². The summed E-state index contributed by atoms with van der Waals surface area (Å²) in [7, 11) is 0. The van der Waals surface area contributed by atoms with Crippen molar-refractivity contribution >= 4 is 0 Å². The summed E-state index contributed by atoms with van der Waals surface area (Å²) in [5.41, 5.74) is 1.99. The number of hydrogen-bond donors (Lipinski definition) is 2. The van der Waals surface area contributed by atoms with Gasteiger partial charge in [0.25, 0.3) is 0 Å². The van der Waals surface area contributed by atoms with Crippen molar-refractivity contribution in [2.24, 2.45) is 45.8 Å². The van der Waals surface area contributed by atoms with Crippen molar-refractivity contribution in [3.63, 3.8) is 0 Å². The summed E-state index contributed by atoms with van der Waals surface area (Å²) < 4.78 is 0. The molecule has 4 aliphatic carbocycles. The van der Waals surface area contributed by atoms with Crippen LogP contribution < -0.4 is 0 Å². The van der Waals surface area contributed by atoms with Crippen LogP contribution in [0.15, 0.2) is 11.6 Å². The van der Waals surface area contributed by atoms with Gasteiger partial charge in [0, 0.05) is 0 Å². The Morgan fingerprint density at radius 2 is 1.76 bits per heavy atom. The number of aliphatic hydroxyl groups is 2. The molecular formula is C31H54O2. The first-order valence-electron chi connectivity index (χ1n) is 14.4. The average molecular weight is 459 g/mol. The first kappa shape index (κ1) is 25.7. The first-order chi connectivity index (χ1) is 15.3. The molecule has 4 aliphatic rings. The second-order valence-electron chi connectivity index (χ2n) is 14.5. The molecule has 0 bridgehead atoms. The third kappa shape index (κ3) is 4.50. The highest BCUT2D eigenvalue weighted by Crippen LogP contribution is 2.67. The zero-order valence-corrected chi connectivity index (χ0v) is 22.9. The summed E-state index contributed by atoms with van der Waals surface area (Å²) in [6.45, 7) is 16.4. The van der Waals surface area contributed by atoms with Gasteiger partial charge in [-0.15, -0.1) is 0 Å². The van der Waals surface area contributed by atoms with Crippen LogP contribution in [0.5, 0.6) is 0 Å². The van der Waals surface area contributed by atoms with Gasteiger partial charge in [-0.3, -0.25) is 0 Å². The molecule has 0 aliphatic heterocycles. The van der Waals surface area contributed by atoms with Crippen molar-refractivity contribution in [3.8, 4) is 0 Å². The van der Waals surface area contributed by atoms with Crippen LogP contribution in [0, 0.1) is 45.8 Å². The Balaban J connectivity index is 1.43. The summed E-state index contributed by atoms with van der Waals surface area (Å²) in [5.74, 6) is 4.18. The lowest BCUT2D eigenvalue weighted by Crippen LogP contribution is -2.52. The Kier molecular flexibility index (Phi) is 6.98. The summed E-state index contributed by atoms with van der Waals surface area (Å²) >= 11 is 0. The van der Waals surface area contributed by atoms with Gasteiger partial charge in [0.1, 0.15) is 0 Å². The van der Waals surface area contributed by atoms with Crippen molar-refractivity contribution in [1.82, 2.24) is 0 Å². The van der Waals surface area contributed by atoms with E-state index >= 15 is 0 Å². The van der Waals surface area contributed by atoms with Crippen molar-refractivity contribution in [1.29, 1.82) is 0 Å². The fraction of sp³-hybridized carbons (Fsp3) is 0.935. The summed E-state index contributed by atoms with van der Waals surface area (Å²) in [4.78, 5) is 0. The average Bonchev–Trinajstić information content (AvgIpc) is 3.11. The van der Waals surface area contributed by atoms with Gasteiger partial charge in [0.15, 0.2) is 0 Å². The Bertz CT molecular complexity index is 734. The number of aliphatic hydroxyl groups excluding tert-OH is 1. The predicted molar refractivity (Wildman–Crippen MR) is 139 cm³/mol. The zero-order valence-electron chi connectivity index (χ0n) is 22.9. The molecule has 3 saturated carbocycles. The molecule has 0 spiro atoms. The largest absolute Gasteiger partial charge is 0.393 e. The lowest BCUT2D eigenvalue weighted by atomic mass is 9.46. The molecule has 0 unspecified atom stereocenters. The van der Waals surface area contributed by atoms with E-state index in [2.05, 4.69) is 54.5 Å². The Morgan fingerprint density at radius 3 is 2.42 bits per heavy atom. The van der Waals surface area contributed by atoms with Crippen molar-refractivity contribution in [3.05, 3.63) is 11.6 Å². The minimum absolute atomic E-state index is 0.00144. The first-order valence-corrected chi connectivity index (χ1v) is 14.4. The molecule has 190 valence electrons. The molecule has 0 aromatic rings. The molecule has 0 amide bonds.